The zero-order chi connectivity index (χ0) is 16.1. The molecule has 0 N–H and O–H groups in total. The summed E-state index contributed by atoms with van der Waals surface area (Å²) in [6, 6.07) is 0. The van der Waals surface area contributed by atoms with Gasteiger partial charge in [0.1, 0.15) is 11.6 Å². The normalized spacial score (nSPS) is 25.7. The molecule has 2 aliphatic heterocycles. The fourth-order valence-electron chi connectivity index (χ4n) is 3.15. The minimum Gasteiger partial charge on any atom is -0.465 e. The van der Waals surface area contributed by atoms with Gasteiger partial charge in [-0.1, -0.05) is 6.92 Å². The summed E-state index contributed by atoms with van der Waals surface area (Å²) in [4.78, 5) is 46.1. The monoisotopic (exact) mass is 310 g/mol. The van der Waals surface area contributed by atoms with Gasteiger partial charge in [0.05, 0.1) is 26.1 Å². The van der Waals surface area contributed by atoms with Crippen LogP contribution < -0.4 is 0 Å². The number of hydrogen-bond acceptors (Lipinski definition) is 6. The topological polar surface area (TPSA) is 86.7 Å². The lowest BCUT2D eigenvalue weighted by molar-refractivity contribution is -0.138. The van der Waals surface area contributed by atoms with Gasteiger partial charge in [-0.25, -0.2) is 0 Å². The lowest BCUT2D eigenvalue weighted by atomic mass is 9.77. The fourth-order valence-corrected chi connectivity index (χ4v) is 3.15. The van der Waals surface area contributed by atoms with Crippen LogP contribution in [0.4, 0.5) is 0 Å². The first kappa shape index (κ1) is 16.6. The SMILES string of the molecule is CCC(=O)CCC(=O)CC(C1COC(=O)C1)C1COC(=O)C1. The second kappa shape index (κ2) is 7.51. The number of hydrogen-bond donors (Lipinski definition) is 0. The Morgan fingerprint density at radius 1 is 1.00 bits per heavy atom. The third-order valence-electron chi connectivity index (χ3n) is 4.53. The maximum atomic E-state index is 12.1. The molecule has 2 aliphatic rings. The van der Waals surface area contributed by atoms with Crippen LogP contribution in [0.5, 0.6) is 0 Å². The highest BCUT2D eigenvalue weighted by atomic mass is 16.5. The van der Waals surface area contributed by atoms with Crippen molar-refractivity contribution in [2.45, 2.75) is 45.4 Å². The van der Waals surface area contributed by atoms with E-state index in [1.165, 1.54) is 0 Å². The Kier molecular flexibility index (Phi) is 5.69. The van der Waals surface area contributed by atoms with Crippen molar-refractivity contribution in [1.29, 1.82) is 0 Å². The highest BCUT2D eigenvalue weighted by Gasteiger charge is 2.40. The van der Waals surface area contributed by atoms with Crippen molar-refractivity contribution < 1.29 is 28.7 Å². The lowest BCUT2D eigenvalue weighted by Gasteiger charge is -2.25. The Bertz CT molecular complexity index is 443. The first-order chi connectivity index (χ1) is 10.5. The van der Waals surface area contributed by atoms with E-state index in [1.54, 1.807) is 6.92 Å². The van der Waals surface area contributed by atoms with E-state index in [-0.39, 0.29) is 73.4 Å². The summed E-state index contributed by atoms with van der Waals surface area (Å²) < 4.78 is 10.00. The summed E-state index contributed by atoms with van der Waals surface area (Å²) in [5.41, 5.74) is 0. The molecule has 0 aliphatic carbocycles. The van der Waals surface area contributed by atoms with Crippen molar-refractivity contribution >= 4 is 23.5 Å². The highest BCUT2D eigenvalue weighted by molar-refractivity contribution is 5.86. The van der Waals surface area contributed by atoms with Crippen molar-refractivity contribution in [3.05, 3.63) is 0 Å². The van der Waals surface area contributed by atoms with Gasteiger partial charge in [0, 0.05) is 37.5 Å². The fraction of sp³-hybridized carbons (Fsp3) is 0.750. The van der Waals surface area contributed by atoms with Crippen LogP contribution in [-0.4, -0.2) is 36.7 Å². The van der Waals surface area contributed by atoms with Gasteiger partial charge < -0.3 is 9.47 Å². The Balaban J connectivity index is 1.95. The van der Waals surface area contributed by atoms with E-state index < -0.39 is 0 Å². The summed E-state index contributed by atoms with van der Waals surface area (Å²) in [6.45, 7) is 2.38. The van der Waals surface area contributed by atoms with E-state index in [9.17, 15) is 19.2 Å². The van der Waals surface area contributed by atoms with E-state index in [0.717, 1.165) is 0 Å². The van der Waals surface area contributed by atoms with Gasteiger partial charge in [-0.2, -0.15) is 0 Å². The van der Waals surface area contributed by atoms with Gasteiger partial charge in [-0.3, -0.25) is 19.2 Å². The second-order valence-electron chi connectivity index (χ2n) is 6.09. The molecule has 2 heterocycles. The minimum atomic E-state index is -0.256. The van der Waals surface area contributed by atoms with Crippen molar-refractivity contribution in [1.82, 2.24) is 0 Å². The molecule has 0 aromatic heterocycles. The van der Waals surface area contributed by atoms with Gasteiger partial charge in [0.25, 0.3) is 0 Å². The average molecular weight is 310 g/mol. The average Bonchev–Trinajstić information content (AvgIpc) is 3.11. The zero-order valence-electron chi connectivity index (χ0n) is 12.8. The van der Waals surface area contributed by atoms with Crippen LogP contribution in [0.25, 0.3) is 0 Å². The third kappa shape index (κ3) is 4.39. The number of Topliss-reactive ketones (excluding diaryl/α,β-unsaturated/α-hetero) is 2. The van der Waals surface area contributed by atoms with Crippen LogP contribution in [0.2, 0.25) is 0 Å². The number of esters is 2. The van der Waals surface area contributed by atoms with E-state index in [0.29, 0.717) is 19.6 Å². The Labute approximate surface area is 129 Å². The molecule has 0 bridgehead atoms. The Morgan fingerprint density at radius 2 is 1.50 bits per heavy atom. The smallest absolute Gasteiger partial charge is 0.306 e. The first-order valence-corrected chi connectivity index (χ1v) is 7.84. The van der Waals surface area contributed by atoms with Crippen molar-refractivity contribution in [3.63, 3.8) is 0 Å². The molecule has 6 nitrogen and oxygen atoms in total. The van der Waals surface area contributed by atoms with Gasteiger partial charge in [-0.15, -0.1) is 0 Å². The third-order valence-corrected chi connectivity index (χ3v) is 4.53. The van der Waals surface area contributed by atoms with Crippen molar-refractivity contribution in [3.8, 4) is 0 Å². The van der Waals surface area contributed by atoms with Crippen LogP contribution in [0.3, 0.4) is 0 Å². The molecule has 0 aromatic rings. The highest BCUT2D eigenvalue weighted by Crippen LogP contribution is 2.36. The van der Waals surface area contributed by atoms with Gasteiger partial charge in [-0.05, 0) is 5.92 Å². The standard InChI is InChI=1S/C16H22O6/c1-2-12(17)3-4-13(18)7-14(10-5-15(19)21-8-10)11-6-16(20)22-9-11/h10-11,14H,2-9H2,1H3. The molecule has 0 saturated carbocycles. The van der Waals surface area contributed by atoms with Crippen molar-refractivity contribution in [2.24, 2.45) is 17.8 Å². The molecule has 2 saturated heterocycles. The summed E-state index contributed by atoms with van der Waals surface area (Å²) in [5.74, 6) is -0.616. The summed E-state index contributed by atoms with van der Waals surface area (Å²) >= 11 is 0. The van der Waals surface area contributed by atoms with Crippen LogP contribution in [0.15, 0.2) is 0 Å². The molecular weight excluding hydrogens is 288 g/mol. The second-order valence-corrected chi connectivity index (χ2v) is 6.09. The molecule has 122 valence electrons. The van der Waals surface area contributed by atoms with Gasteiger partial charge >= 0.3 is 11.9 Å². The van der Waals surface area contributed by atoms with E-state index in [4.69, 9.17) is 9.47 Å². The molecule has 2 unspecified atom stereocenters. The molecular formula is C16H22O6. The van der Waals surface area contributed by atoms with E-state index >= 15 is 0 Å². The Hall–Kier alpha value is -1.72. The molecule has 0 aromatic carbocycles. The van der Waals surface area contributed by atoms with Gasteiger partial charge in [0.2, 0.25) is 0 Å². The largest absolute Gasteiger partial charge is 0.465 e. The maximum absolute atomic E-state index is 12.1. The summed E-state index contributed by atoms with van der Waals surface area (Å²) in [6.07, 6.45) is 1.79. The Morgan fingerprint density at radius 3 is 1.91 bits per heavy atom. The lowest BCUT2D eigenvalue weighted by Crippen LogP contribution is -2.27. The molecule has 22 heavy (non-hydrogen) atoms. The molecule has 2 rings (SSSR count). The molecule has 2 fully saturated rings. The minimum absolute atomic E-state index is 0.00509. The predicted molar refractivity (Wildman–Crippen MR) is 75.8 cm³/mol. The van der Waals surface area contributed by atoms with Crippen LogP contribution >= 0.6 is 0 Å². The molecule has 2 atom stereocenters. The van der Waals surface area contributed by atoms with Gasteiger partial charge in [0.15, 0.2) is 0 Å². The number of cyclic esters (lactones) is 2. The number of carbonyl (C=O) groups is 4. The van der Waals surface area contributed by atoms with Crippen LogP contribution in [-0.2, 0) is 28.7 Å². The molecule has 0 radical (unpaired) electrons. The van der Waals surface area contributed by atoms with Crippen LogP contribution in [0.1, 0.15) is 45.4 Å². The molecule has 6 heteroatoms. The number of rotatable bonds is 8. The quantitative estimate of drug-likeness (QED) is 0.631. The van der Waals surface area contributed by atoms with Crippen molar-refractivity contribution in [2.75, 3.05) is 13.2 Å². The number of carbonyl (C=O) groups excluding carboxylic acids is 4. The molecule has 0 amide bonds. The number of ether oxygens (including phenoxy) is 2. The molecule has 0 spiro atoms. The van der Waals surface area contributed by atoms with E-state index in [1.807, 2.05) is 0 Å². The predicted octanol–water partition coefficient (Wildman–Crippen LogP) is 1.45. The maximum Gasteiger partial charge on any atom is 0.306 e. The first-order valence-electron chi connectivity index (χ1n) is 7.84. The zero-order valence-corrected chi connectivity index (χ0v) is 12.8. The summed E-state index contributed by atoms with van der Waals surface area (Å²) in [7, 11) is 0. The van der Waals surface area contributed by atoms with E-state index in [2.05, 4.69) is 0 Å². The van der Waals surface area contributed by atoms with Crippen LogP contribution in [0, 0.1) is 17.8 Å². The number of ketones is 2. The summed E-state index contributed by atoms with van der Waals surface area (Å²) in [5, 5.41) is 0.